The number of nitrogens with zero attached hydrogens (tertiary/aromatic N) is 2. The van der Waals surface area contributed by atoms with Gasteiger partial charge in [0.1, 0.15) is 0 Å². The van der Waals surface area contributed by atoms with Crippen molar-refractivity contribution in [1.29, 1.82) is 0 Å². The summed E-state index contributed by atoms with van der Waals surface area (Å²) in [4.78, 5) is 0. The minimum absolute atomic E-state index is 0.0788. The highest BCUT2D eigenvalue weighted by Gasteiger charge is 2.36. The van der Waals surface area contributed by atoms with Gasteiger partial charge in [-0.15, -0.1) is 10.2 Å². The molecule has 0 aliphatic rings. The molecule has 8 heteroatoms. The fraction of sp³-hybridized carbons (Fsp3) is 0.778. The van der Waals surface area contributed by atoms with Crippen LogP contribution in [-0.4, -0.2) is 27.4 Å². The first kappa shape index (κ1) is 14.2. The summed E-state index contributed by atoms with van der Waals surface area (Å²) in [6.07, 6.45) is -3.31. The lowest BCUT2D eigenvalue weighted by Gasteiger charge is -2.30. The number of nitrogens with one attached hydrogen (secondary N) is 1. The van der Waals surface area contributed by atoms with Crippen LogP contribution in [-0.2, 0) is 6.18 Å². The van der Waals surface area contributed by atoms with Gasteiger partial charge < -0.3 is 10.4 Å². The van der Waals surface area contributed by atoms with E-state index in [0.717, 1.165) is 0 Å². The first-order chi connectivity index (χ1) is 7.87. The van der Waals surface area contributed by atoms with E-state index in [4.69, 9.17) is 0 Å². The van der Waals surface area contributed by atoms with Gasteiger partial charge in [0.25, 0.3) is 0 Å². The summed E-state index contributed by atoms with van der Waals surface area (Å²) in [5.41, 5.74) is -0.637. The van der Waals surface area contributed by atoms with Crippen molar-refractivity contribution in [3.05, 3.63) is 5.01 Å². The largest absolute Gasteiger partial charge is 0.445 e. The summed E-state index contributed by atoms with van der Waals surface area (Å²) in [6.45, 7) is 3.53. The molecule has 1 aromatic heterocycles. The smallest absolute Gasteiger partial charge is 0.394 e. The fourth-order valence-electron chi connectivity index (χ4n) is 1.31. The number of hydrogen-bond acceptors (Lipinski definition) is 5. The van der Waals surface area contributed by atoms with E-state index in [1.54, 1.807) is 0 Å². The molecule has 0 atom stereocenters. The van der Waals surface area contributed by atoms with Crippen molar-refractivity contribution in [2.24, 2.45) is 0 Å². The van der Waals surface area contributed by atoms with Gasteiger partial charge in [0.05, 0.1) is 12.1 Å². The molecule has 0 unspecified atom stereocenters. The van der Waals surface area contributed by atoms with E-state index in [2.05, 4.69) is 15.5 Å². The van der Waals surface area contributed by atoms with Crippen LogP contribution in [0.2, 0.25) is 0 Å². The Hall–Kier alpha value is -0.890. The van der Waals surface area contributed by atoms with E-state index in [1.807, 2.05) is 13.8 Å². The Morgan fingerprint density at radius 2 is 1.82 bits per heavy atom. The second-order valence-electron chi connectivity index (χ2n) is 3.68. The highest BCUT2D eigenvalue weighted by atomic mass is 32.1. The van der Waals surface area contributed by atoms with Gasteiger partial charge in [-0.05, 0) is 12.8 Å². The zero-order valence-corrected chi connectivity index (χ0v) is 10.3. The van der Waals surface area contributed by atoms with Gasteiger partial charge in [-0.3, -0.25) is 0 Å². The molecular weight excluding hydrogens is 255 g/mol. The van der Waals surface area contributed by atoms with Crippen molar-refractivity contribution in [3.8, 4) is 0 Å². The summed E-state index contributed by atoms with van der Waals surface area (Å²) in [7, 11) is 0. The Kier molecular flexibility index (Phi) is 4.31. The molecule has 0 aromatic carbocycles. The zero-order valence-electron chi connectivity index (χ0n) is 9.51. The number of aromatic nitrogens is 2. The third-order valence-corrected chi connectivity index (χ3v) is 3.58. The molecule has 1 rings (SSSR count). The van der Waals surface area contributed by atoms with Crippen molar-refractivity contribution < 1.29 is 18.3 Å². The summed E-state index contributed by atoms with van der Waals surface area (Å²) in [5, 5.41) is 17.7. The maximum Gasteiger partial charge on any atom is 0.445 e. The van der Waals surface area contributed by atoms with Crippen LogP contribution in [0.25, 0.3) is 0 Å². The first-order valence-electron chi connectivity index (χ1n) is 5.16. The average Bonchev–Trinajstić information content (AvgIpc) is 2.74. The molecule has 0 spiro atoms. The van der Waals surface area contributed by atoms with Crippen LogP contribution in [0, 0.1) is 0 Å². The van der Waals surface area contributed by atoms with Crippen LogP contribution in [0.4, 0.5) is 18.3 Å². The molecular formula is C9H14F3N3OS. The van der Waals surface area contributed by atoms with Crippen molar-refractivity contribution in [1.82, 2.24) is 10.2 Å². The van der Waals surface area contributed by atoms with Gasteiger partial charge in [-0.25, -0.2) is 0 Å². The lowest BCUT2D eigenvalue weighted by atomic mass is 9.94. The summed E-state index contributed by atoms with van der Waals surface area (Å²) in [5.74, 6) is 0. The van der Waals surface area contributed by atoms with Gasteiger partial charge in [0.15, 0.2) is 0 Å². The molecule has 0 aliphatic heterocycles. The van der Waals surface area contributed by atoms with Gasteiger partial charge in [-0.1, -0.05) is 25.2 Å². The molecule has 1 heterocycles. The highest BCUT2D eigenvalue weighted by molar-refractivity contribution is 7.15. The molecule has 0 bridgehead atoms. The molecule has 0 amide bonds. The van der Waals surface area contributed by atoms with Crippen LogP contribution >= 0.6 is 11.3 Å². The number of halogens is 3. The van der Waals surface area contributed by atoms with E-state index in [9.17, 15) is 18.3 Å². The minimum Gasteiger partial charge on any atom is -0.394 e. The number of anilines is 1. The van der Waals surface area contributed by atoms with Gasteiger partial charge in [0, 0.05) is 0 Å². The molecule has 0 fully saturated rings. The van der Waals surface area contributed by atoms with E-state index in [1.165, 1.54) is 0 Å². The predicted octanol–water partition coefficient (Wildman–Crippen LogP) is 2.52. The molecule has 0 saturated heterocycles. The summed E-state index contributed by atoms with van der Waals surface area (Å²) < 4.78 is 36.9. The van der Waals surface area contributed by atoms with Gasteiger partial charge in [0.2, 0.25) is 10.1 Å². The van der Waals surface area contributed by atoms with E-state index in [-0.39, 0.29) is 11.7 Å². The Morgan fingerprint density at radius 1 is 1.24 bits per heavy atom. The number of hydrogen-bond donors (Lipinski definition) is 2. The quantitative estimate of drug-likeness (QED) is 0.862. The van der Waals surface area contributed by atoms with Crippen LogP contribution in [0.15, 0.2) is 0 Å². The molecule has 17 heavy (non-hydrogen) atoms. The third kappa shape index (κ3) is 3.29. The SMILES string of the molecule is CCC(CC)(CO)Nc1nnc(C(F)(F)F)s1. The van der Waals surface area contributed by atoms with Crippen molar-refractivity contribution in [2.75, 3.05) is 11.9 Å². The lowest BCUT2D eigenvalue weighted by molar-refractivity contribution is -0.138. The second-order valence-corrected chi connectivity index (χ2v) is 4.66. The molecule has 2 N–H and O–H groups in total. The molecule has 0 aliphatic carbocycles. The first-order valence-corrected chi connectivity index (χ1v) is 5.98. The van der Waals surface area contributed by atoms with Crippen LogP contribution in [0.3, 0.4) is 0 Å². The molecule has 1 aromatic rings. The normalized spacial score (nSPS) is 12.8. The molecule has 98 valence electrons. The van der Waals surface area contributed by atoms with E-state index < -0.39 is 16.7 Å². The van der Waals surface area contributed by atoms with Gasteiger partial charge >= 0.3 is 6.18 Å². The maximum absolute atomic E-state index is 12.3. The summed E-state index contributed by atoms with van der Waals surface area (Å²) in [6, 6.07) is 0. The number of aliphatic hydroxyl groups is 1. The number of rotatable bonds is 5. The minimum atomic E-state index is -4.47. The van der Waals surface area contributed by atoms with Crippen LogP contribution in [0.5, 0.6) is 0 Å². The molecule has 0 radical (unpaired) electrons. The second kappa shape index (κ2) is 5.18. The van der Waals surface area contributed by atoms with E-state index >= 15 is 0 Å². The van der Waals surface area contributed by atoms with Crippen LogP contribution in [0.1, 0.15) is 31.7 Å². The van der Waals surface area contributed by atoms with Crippen molar-refractivity contribution >= 4 is 16.5 Å². The monoisotopic (exact) mass is 269 g/mol. The van der Waals surface area contributed by atoms with Crippen LogP contribution < -0.4 is 5.32 Å². The highest BCUT2D eigenvalue weighted by Crippen LogP contribution is 2.34. The topological polar surface area (TPSA) is 58.0 Å². The average molecular weight is 269 g/mol. The maximum atomic E-state index is 12.3. The lowest BCUT2D eigenvalue weighted by Crippen LogP contribution is -2.40. The standard InChI is InChI=1S/C9H14F3N3OS/c1-3-8(4-2,5-16)13-7-15-14-6(17-7)9(10,11)12/h16H,3-5H2,1-2H3,(H,13,15). The summed E-state index contributed by atoms with van der Waals surface area (Å²) >= 11 is 0.443. The van der Waals surface area contributed by atoms with Crippen molar-refractivity contribution in [2.45, 2.75) is 38.4 Å². The molecule has 4 nitrogen and oxygen atoms in total. The Balaban J connectivity index is 2.85. The third-order valence-electron chi connectivity index (χ3n) is 2.70. The fourth-order valence-corrected chi connectivity index (χ4v) is 2.03. The Morgan fingerprint density at radius 3 is 2.18 bits per heavy atom. The Labute approximate surface area is 101 Å². The predicted molar refractivity (Wildman–Crippen MR) is 58.9 cm³/mol. The Bertz CT molecular complexity index is 354. The zero-order chi connectivity index (χ0) is 13.1. The van der Waals surface area contributed by atoms with Crippen molar-refractivity contribution in [3.63, 3.8) is 0 Å². The van der Waals surface area contributed by atoms with E-state index in [0.29, 0.717) is 24.2 Å². The number of aliphatic hydroxyl groups excluding tert-OH is 1. The van der Waals surface area contributed by atoms with Gasteiger partial charge in [-0.2, -0.15) is 13.2 Å². The number of alkyl halides is 3. The molecule has 0 saturated carbocycles.